The van der Waals surface area contributed by atoms with Gasteiger partial charge in [-0.15, -0.1) is 11.3 Å². The maximum absolute atomic E-state index is 12.7. The SMILES string of the molecule is CCc1ccc(-c2csc(NC(=O)OCC3c4ccccc4-c4ccccc43)c2C(=O)O)cc1. The van der Waals surface area contributed by atoms with Gasteiger partial charge in [-0.2, -0.15) is 0 Å². The van der Waals surface area contributed by atoms with Crippen molar-refractivity contribution >= 4 is 28.4 Å². The molecule has 5 nitrogen and oxygen atoms in total. The Hall–Kier alpha value is -3.90. The van der Waals surface area contributed by atoms with Crippen LogP contribution in [0.1, 0.15) is 39.9 Å². The number of nitrogens with one attached hydrogen (secondary N) is 1. The second kappa shape index (κ2) is 9.15. The lowest BCUT2D eigenvalue weighted by atomic mass is 9.98. The summed E-state index contributed by atoms with van der Waals surface area (Å²) < 4.78 is 5.59. The lowest BCUT2D eigenvalue weighted by molar-refractivity contribution is 0.0699. The van der Waals surface area contributed by atoms with Crippen LogP contribution in [0.25, 0.3) is 22.3 Å². The van der Waals surface area contributed by atoms with Gasteiger partial charge < -0.3 is 9.84 Å². The summed E-state index contributed by atoms with van der Waals surface area (Å²) >= 11 is 1.18. The molecule has 0 spiro atoms. The molecule has 1 aliphatic rings. The van der Waals surface area contributed by atoms with Crippen molar-refractivity contribution in [1.29, 1.82) is 0 Å². The quantitative estimate of drug-likeness (QED) is 0.318. The summed E-state index contributed by atoms with van der Waals surface area (Å²) in [7, 11) is 0. The van der Waals surface area contributed by atoms with Crippen molar-refractivity contribution in [1.82, 2.24) is 0 Å². The van der Waals surface area contributed by atoms with Gasteiger partial charge in [-0.1, -0.05) is 79.7 Å². The number of rotatable bonds is 6. The number of amides is 1. The lowest BCUT2D eigenvalue weighted by Gasteiger charge is -2.14. The Morgan fingerprint density at radius 3 is 2.12 bits per heavy atom. The van der Waals surface area contributed by atoms with E-state index in [0.29, 0.717) is 5.56 Å². The average molecular weight is 470 g/mol. The number of thiophene rings is 1. The van der Waals surface area contributed by atoms with Gasteiger partial charge in [0.2, 0.25) is 0 Å². The fourth-order valence-corrected chi connectivity index (χ4v) is 5.47. The van der Waals surface area contributed by atoms with Gasteiger partial charge in [0.05, 0.1) is 0 Å². The van der Waals surface area contributed by atoms with Crippen molar-refractivity contribution in [3.05, 3.63) is 100 Å². The highest BCUT2D eigenvalue weighted by atomic mass is 32.1. The molecule has 3 aromatic carbocycles. The molecular weight excluding hydrogens is 446 g/mol. The Morgan fingerprint density at radius 1 is 0.912 bits per heavy atom. The first-order valence-electron chi connectivity index (χ1n) is 11.1. The number of ether oxygens (including phenoxy) is 1. The third-order valence-corrected chi connectivity index (χ3v) is 7.13. The number of carbonyl (C=O) groups is 2. The molecule has 4 aromatic rings. The lowest BCUT2D eigenvalue weighted by Crippen LogP contribution is -2.18. The van der Waals surface area contributed by atoms with E-state index in [-0.39, 0.29) is 23.1 Å². The normalized spacial score (nSPS) is 12.1. The Bertz CT molecular complexity index is 1330. The van der Waals surface area contributed by atoms with E-state index < -0.39 is 12.1 Å². The van der Waals surface area contributed by atoms with Gasteiger partial charge in [0.15, 0.2) is 0 Å². The smallest absolute Gasteiger partial charge is 0.412 e. The van der Waals surface area contributed by atoms with Crippen LogP contribution in [-0.2, 0) is 11.2 Å². The predicted molar refractivity (Wildman–Crippen MR) is 135 cm³/mol. The maximum Gasteiger partial charge on any atom is 0.412 e. The highest BCUT2D eigenvalue weighted by Gasteiger charge is 2.29. The molecule has 1 amide bonds. The van der Waals surface area contributed by atoms with Crippen LogP contribution >= 0.6 is 11.3 Å². The van der Waals surface area contributed by atoms with Crippen LogP contribution in [-0.4, -0.2) is 23.8 Å². The minimum atomic E-state index is -1.09. The molecular formula is C28H23NO4S. The number of carbonyl (C=O) groups excluding carboxylic acids is 1. The molecule has 0 unspecified atom stereocenters. The van der Waals surface area contributed by atoms with E-state index in [1.807, 2.05) is 48.5 Å². The number of carboxylic acids is 1. The summed E-state index contributed by atoms with van der Waals surface area (Å²) in [6, 6.07) is 24.0. The number of fused-ring (bicyclic) bond motifs is 3. The van der Waals surface area contributed by atoms with E-state index in [2.05, 4.69) is 36.5 Å². The molecule has 34 heavy (non-hydrogen) atoms. The predicted octanol–water partition coefficient (Wildman–Crippen LogP) is 7.04. The molecule has 0 fully saturated rings. The van der Waals surface area contributed by atoms with Gasteiger partial charge in [0, 0.05) is 16.9 Å². The van der Waals surface area contributed by atoms with Crippen LogP contribution in [0.15, 0.2) is 78.2 Å². The summed E-state index contributed by atoms with van der Waals surface area (Å²) in [5.41, 5.74) is 7.17. The van der Waals surface area contributed by atoms with Crippen molar-refractivity contribution in [3.63, 3.8) is 0 Å². The number of hydrogen-bond acceptors (Lipinski definition) is 4. The first-order chi connectivity index (χ1) is 16.6. The van der Waals surface area contributed by atoms with E-state index in [0.717, 1.165) is 34.2 Å². The molecule has 0 saturated heterocycles. The van der Waals surface area contributed by atoms with Gasteiger partial charge in [-0.25, -0.2) is 9.59 Å². The van der Waals surface area contributed by atoms with Crippen molar-refractivity contribution in [2.45, 2.75) is 19.3 Å². The fraction of sp³-hybridized carbons (Fsp3) is 0.143. The van der Waals surface area contributed by atoms with Crippen LogP contribution in [0.2, 0.25) is 0 Å². The van der Waals surface area contributed by atoms with Gasteiger partial charge in [-0.3, -0.25) is 5.32 Å². The van der Waals surface area contributed by atoms with Crippen LogP contribution in [0, 0.1) is 0 Å². The molecule has 0 bridgehead atoms. The first kappa shape index (κ1) is 21.9. The number of hydrogen-bond donors (Lipinski definition) is 2. The van der Waals surface area contributed by atoms with E-state index in [1.54, 1.807) is 5.38 Å². The Morgan fingerprint density at radius 2 is 1.53 bits per heavy atom. The molecule has 0 atom stereocenters. The molecule has 1 heterocycles. The van der Waals surface area contributed by atoms with E-state index in [4.69, 9.17) is 4.74 Å². The van der Waals surface area contributed by atoms with Crippen LogP contribution < -0.4 is 5.32 Å². The summed E-state index contributed by atoms with van der Waals surface area (Å²) in [5, 5.41) is 14.5. The Balaban J connectivity index is 1.34. The highest BCUT2D eigenvalue weighted by molar-refractivity contribution is 7.15. The zero-order valence-corrected chi connectivity index (χ0v) is 19.4. The molecule has 0 radical (unpaired) electrons. The zero-order chi connectivity index (χ0) is 23.7. The third kappa shape index (κ3) is 3.97. The Kier molecular flexibility index (Phi) is 5.90. The summed E-state index contributed by atoms with van der Waals surface area (Å²) in [5.74, 6) is -1.15. The highest BCUT2D eigenvalue weighted by Crippen LogP contribution is 2.44. The number of benzene rings is 3. The van der Waals surface area contributed by atoms with E-state index >= 15 is 0 Å². The molecule has 6 heteroatoms. The molecule has 0 saturated carbocycles. The van der Waals surface area contributed by atoms with Crippen molar-refractivity contribution in [2.24, 2.45) is 0 Å². The van der Waals surface area contributed by atoms with Crippen LogP contribution in [0.3, 0.4) is 0 Å². The van der Waals surface area contributed by atoms with Gasteiger partial charge in [-0.05, 0) is 39.8 Å². The second-order valence-electron chi connectivity index (χ2n) is 8.16. The molecule has 5 rings (SSSR count). The van der Waals surface area contributed by atoms with Crippen molar-refractivity contribution in [2.75, 3.05) is 11.9 Å². The minimum Gasteiger partial charge on any atom is -0.478 e. The molecule has 2 N–H and O–H groups in total. The standard InChI is InChI=1S/C28H23NO4S/c1-2-17-11-13-18(14-12-17)24-16-34-26(25(24)27(30)31)29-28(32)33-15-23-21-9-5-3-7-19(21)20-8-4-6-10-22(20)23/h3-14,16,23H,2,15H2,1H3,(H,29,32)(H,30,31). The van der Waals surface area contributed by atoms with Gasteiger partial charge >= 0.3 is 12.1 Å². The molecule has 1 aromatic heterocycles. The topological polar surface area (TPSA) is 75.6 Å². The van der Waals surface area contributed by atoms with E-state index in [1.165, 1.54) is 16.9 Å². The van der Waals surface area contributed by atoms with Gasteiger partial charge in [0.25, 0.3) is 0 Å². The first-order valence-corrected chi connectivity index (χ1v) is 12.0. The monoisotopic (exact) mass is 469 g/mol. The number of anilines is 1. The fourth-order valence-electron chi connectivity index (χ4n) is 4.52. The Labute approximate surface area is 201 Å². The van der Waals surface area contributed by atoms with Crippen molar-refractivity contribution in [3.8, 4) is 22.3 Å². The largest absolute Gasteiger partial charge is 0.478 e. The third-order valence-electron chi connectivity index (χ3n) is 6.24. The number of aromatic carboxylic acids is 1. The molecule has 170 valence electrons. The molecule has 1 aliphatic carbocycles. The average Bonchev–Trinajstić information content (AvgIpc) is 3.42. The summed E-state index contributed by atoms with van der Waals surface area (Å²) in [6.07, 6.45) is 0.240. The molecule has 0 aliphatic heterocycles. The van der Waals surface area contributed by atoms with E-state index in [9.17, 15) is 14.7 Å². The summed E-state index contributed by atoms with van der Waals surface area (Å²) in [6.45, 7) is 2.23. The summed E-state index contributed by atoms with van der Waals surface area (Å²) in [4.78, 5) is 24.7. The van der Waals surface area contributed by atoms with Crippen LogP contribution in [0.5, 0.6) is 0 Å². The van der Waals surface area contributed by atoms with Crippen molar-refractivity contribution < 1.29 is 19.4 Å². The van der Waals surface area contributed by atoms with Crippen LogP contribution in [0.4, 0.5) is 9.80 Å². The minimum absolute atomic E-state index is 0.0620. The zero-order valence-electron chi connectivity index (χ0n) is 18.6. The van der Waals surface area contributed by atoms with Gasteiger partial charge in [0.1, 0.15) is 17.2 Å². The maximum atomic E-state index is 12.7. The number of carboxylic acid groups (broad SMARTS) is 1. The number of aryl methyl sites for hydroxylation is 1. The second-order valence-corrected chi connectivity index (χ2v) is 9.04.